The molecule has 3 heterocycles. The minimum absolute atomic E-state index is 0.0272. The zero-order valence-corrected chi connectivity index (χ0v) is 22.1. The maximum atomic E-state index is 12.6. The van der Waals surface area contributed by atoms with Crippen LogP contribution in [0.5, 0.6) is 5.88 Å². The van der Waals surface area contributed by atoms with Gasteiger partial charge in [-0.25, -0.2) is 9.97 Å². The highest BCUT2D eigenvalue weighted by molar-refractivity contribution is 6.39. The summed E-state index contributed by atoms with van der Waals surface area (Å²) in [6.07, 6.45) is 2.24. The number of rotatable bonds is 6. The minimum atomic E-state index is -0.507. The lowest BCUT2D eigenvalue weighted by molar-refractivity contribution is 0.112. The van der Waals surface area contributed by atoms with E-state index in [9.17, 15) is 14.7 Å². The number of ether oxygens (including phenoxy) is 1. The maximum Gasteiger partial charge on any atom is 0.264 e. The lowest BCUT2D eigenvalue weighted by Gasteiger charge is -2.15. The molecule has 0 aliphatic heterocycles. The van der Waals surface area contributed by atoms with E-state index in [4.69, 9.17) is 39.5 Å². The smallest absolute Gasteiger partial charge is 0.264 e. The van der Waals surface area contributed by atoms with Crippen LogP contribution < -0.4 is 10.3 Å². The molecule has 0 aliphatic carbocycles. The SMILES string of the molecule is COc1nc(-c2cccc(-c3cccc(-c4ccn5c(=O)c(CO)c(Cl)nc5c4)c3Cl)c2Cl)ccc1C=O. The standard InChI is InChI=1S/C28H18Cl3N3O4/c1-38-27-16(13-35)8-9-22(32-27)20-7-3-6-19(25(20)30)18-5-2-4-17(24(18)29)15-10-11-34-23(12-15)33-26(31)21(14-36)28(34)37/h2-13,36H,14H2,1H3. The maximum absolute atomic E-state index is 12.6. The largest absolute Gasteiger partial charge is 0.480 e. The van der Waals surface area contributed by atoms with Crippen molar-refractivity contribution in [1.82, 2.24) is 14.4 Å². The second kappa shape index (κ2) is 10.6. The van der Waals surface area contributed by atoms with Crippen LogP contribution >= 0.6 is 34.8 Å². The number of halogens is 3. The number of carbonyl (C=O) groups excluding carboxylic acids is 1. The number of benzene rings is 2. The van der Waals surface area contributed by atoms with E-state index in [-0.39, 0.29) is 16.6 Å². The molecule has 2 aromatic carbocycles. The van der Waals surface area contributed by atoms with E-state index in [0.717, 1.165) is 0 Å². The molecular weight excluding hydrogens is 549 g/mol. The van der Waals surface area contributed by atoms with Gasteiger partial charge in [0.15, 0.2) is 6.29 Å². The van der Waals surface area contributed by atoms with Gasteiger partial charge in [-0.3, -0.25) is 14.0 Å². The van der Waals surface area contributed by atoms with Crippen LogP contribution in [0, 0.1) is 0 Å². The molecule has 38 heavy (non-hydrogen) atoms. The van der Waals surface area contributed by atoms with Crippen LogP contribution in [-0.2, 0) is 6.61 Å². The molecule has 0 bridgehead atoms. The molecule has 0 amide bonds. The molecule has 10 heteroatoms. The Kier molecular flexibility index (Phi) is 7.19. The van der Waals surface area contributed by atoms with Crippen molar-refractivity contribution in [3.63, 3.8) is 0 Å². The summed E-state index contributed by atoms with van der Waals surface area (Å²) in [6.45, 7) is -0.507. The van der Waals surface area contributed by atoms with Gasteiger partial charge in [0.2, 0.25) is 5.88 Å². The van der Waals surface area contributed by atoms with E-state index in [1.807, 2.05) is 36.4 Å². The van der Waals surface area contributed by atoms with Crippen molar-refractivity contribution < 1.29 is 14.6 Å². The van der Waals surface area contributed by atoms with Gasteiger partial charge < -0.3 is 9.84 Å². The number of aliphatic hydroxyl groups is 1. The third-order valence-electron chi connectivity index (χ3n) is 6.12. The molecule has 3 aromatic heterocycles. The molecule has 0 fully saturated rings. The minimum Gasteiger partial charge on any atom is -0.480 e. The molecule has 0 unspecified atom stereocenters. The third kappa shape index (κ3) is 4.44. The third-order valence-corrected chi connectivity index (χ3v) is 7.24. The van der Waals surface area contributed by atoms with Crippen LogP contribution in [-0.4, -0.2) is 32.9 Å². The van der Waals surface area contributed by atoms with E-state index in [1.165, 1.54) is 11.5 Å². The summed E-state index contributed by atoms with van der Waals surface area (Å²) in [4.78, 5) is 32.6. The molecule has 0 spiro atoms. The Morgan fingerprint density at radius 2 is 1.58 bits per heavy atom. The fourth-order valence-electron chi connectivity index (χ4n) is 4.20. The molecule has 0 saturated carbocycles. The Bertz CT molecular complexity index is 1790. The average Bonchev–Trinajstić information content (AvgIpc) is 2.93. The number of nitrogens with zero attached hydrogens (tertiary/aromatic N) is 3. The highest BCUT2D eigenvalue weighted by Gasteiger charge is 2.18. The van der Waals surface area contributed by atoms with Crippen molar-refractivity contribution in [3.05, 3.63) is 104 Å². The molecule has 1 N–H and O–H groups in total. The zero-order chi connectivity index (χ0) is 27.0. The lowest BCUT2D eigenvalue weighted by atomic mass is 9.97. The summed E-state index contributed by atoms with van der Waals surface area (Å²) in [5.74, 6) is 0.203. The Morgan fingerprint density at radius 1 is 0.921 bits per heavy atom. The van der Waals surface area contributed by atoms with E-state index < -0.39 is 12.2 Å². The van der Waals surface area contributed by atoms with E-state index in [2.05, 4.69) is 9.97 Å². The number of aromatic nitrogens is 3. The lowest BCUT2D eigenvalue weighted by Crippen LogP contribution is -2.20. The Balaban J connectivity index is 1.62. The molecule has 5 rings (SSSR count). The second-order valence-electron chi connectivity index (χ2n) is 8.24. The summed E-state index contributed by atoms with van der Waals surface area (Å²) in [5.41, 5.74) is 4.19. The summed E-state index contributed by atoms with van der Waals surface area (Å²) in [6, 6.07) is 17.8. The number of aldehydes is 1. The van der Waals surface area contributed by atoms with Crippen molar-refractivity contribution in [2.75, 3.05) is 7.11 Å². The summed E-state index contributed by atoms with van der Waals surface area (Å²) >= 11 is 19.9. The molecule has 5 aromatic rings. The molecule has 0 radical (unpaired) electrons. The summed E-state index contributed by atoms with van der Waals surface area (Å²) in [5, 5.41) is 10.3. The molecular formula is C28H18Cl3N3O4. The number of hydrogen-bond acceptors (Lipinski definition) is 6. The van der Waals surface area contributed by atoms with Gasteiger partial charge >= 0.3 is 0 Å². The van der Waals surface area contributed by atoms with Crippen LogP contribution in [0.1, 0.15) is 15.9 Å². The fourth-order valence-corrected chi connectivity index (χ4v) is 5.09. The van der Waals surface area contributed by atoms with Gasteiger partial charge in [-0.05, 0) is 29.8 Å². The first-order chi connectivity index (χ1) is 18.4. The number of methoxy groups -OCH3 is 1. The molecule has 0 aliphatic rings. The molecule has 190 valence electrons. The molecule has 0 saturated heterocycles. The highest BCUT2D eigenvalue weighted by Crippen LogP contribution is 2.42. The van der Waals surface area contributed by atoms with Gasteiger partial charge in [0.25, 0.3) is 5.56 Å². The zero-order valence-electron chi connectivity index (χ0n) is 19.8. The predicted octanol–water partition coefficient (Wildman–Crippen LogP) is 6.36. The molecule has 0 atom stereocenters. The van der Waals surface area contributed by atoms with Gasteiger partial charge in [0.05, 0.1) is 40.6 Å². The molecule has 7 nitrogen and oxygen atoms in total. The first kappa shape index (κ1) is 25.9. The average molecular weight is 567 g/mol. The fraction of sp³-hybridized carbons (Fsp3) is 0.0714. The van der Waals surface area contributed by atoms with Crippen molar-refractivity contribution in [1.29, 1.82) is 0 Å². The Labute approximate surface area is 231 Å². The topological polar surface area (TPSA) is 93.8 Å². The van der Waals surface area contributed by atoms with E-state index in [0.29, 0.717) is 61.1 Å². The number of aliphatic hydroxyl groups excluding tert-OH is 1. The van der Waals surface area contributed by atoms with Gasteiger partial charge in [-0.1, -0.05) is 71.2 Å². The van der Waals surface area contributed by atoms with Gasteiger partial charge in [0.1, 0.15) is 10.8 Å². The Morgan fingerprint density at radius 3 is 2.24 bits per heavy atom. The second-order valence-corrected chi connectivity index (χ2v) is 9.35. The normalized spacial score (nSPS) is 11.1. The number of fused-ring (bicyclic) bond motifs is 1. The van der Waals surface area contributed by atoms with Gasteiger partial charge in [-0.15, -0.1) is 0 Å². The van der Waals surface area contributed by atoms with Crippen molar-refractivity contribution in [3.8, 4) is 39.4 Å². The number of hydrogen-bond donors (Lipinski definition) is 1. The van der Waals surface area contributed by atoms with E-state index >= 15 is 0 Å². The van der Waals surface area contributed by atoms with Crippen molar-refractivity contribution in [2.45, 2.75) is 6.61 Å². The van der Waals surface area contributed by atoms with Crippen molar-refractivity contribution >= 4 is 46.7 Å². The van der Waals surface area contributed by atoms with Crippen molar-refractivity contribution in [2.24, 2.45) is 0 Å². The van der Waals surface area contributed by atoms with Crippen LogP contribution in [0.3, 0.4) is 0 Å². The Hall–Kier alpha value is -3.75. The van der Waals surface area contributed by atoms with E-state index in [1.54, 1.807) is 30.5 Å². The van der Waals surface area contributed by atoms with Gasteiger partial charge in [-0.2, -0.15) is 0 Å². The monoisotopic (exact) mass is 565 g/mol. The van der Waals surface area contributed by atoms with Crippen LogP contribution in [0.15, 0.2) is 71.7 Å². The van der Waals surface area contributed by atoms with Gasteiger partial charge in [0, 0.05) is 28.5 Å². The number of carbonyl (C=O) groups is 1. The first-order valence-corrected chi connectivity index (χ1v) is 12.4. The van der Waals surface area contributed by atoms with Crippen LogP contribution in [0.25, 0.3) is 39.2 Å². The highest BCUT2D eigenvalue weighted by atomic mass is 35.5. The first-order valence-electron chi connectivity index (χ1n) is 11.3. The van der Waals surface area contributed by atoms with Crippen LogP contribution in [0.2, 0.25) is 15.2 Å². The summed E-state index contributed by atoms with van der Waals surface area (Å²) < 4.78 is 6.56. The summed E-state index contributed by atoms with van der Waals surface area (Å²) in [7, 11) is 1.45. The predicted molar refractivity (Wildman–Crippen MR) is 148 cm³/mol. The number of pyridine rings is 2. The quantitative estimate of drug-likeness (QED) is 0.190. The van der Waals surface area contributed by atoms with Crippen LogP contribution in [0.4, 0.5) is 0 Å².